The summed E-state index contributed by atoms with van der Waals surface area (Å²) in [6.07, 6.45) is 0. The van der Waals surface area contributed by atoms with E-state index in [9.17, 15) is 14.7 Å². The van der Waals surface area contributed by atoms with Crippen molar-refractivity contribution >= 4 is 50.9 Å². The van der Waals surface area contributed by atoms with Crippen LogP contribution < -0.4 is 11.1 Å². The number of benzene rings is 2. The topological polar surface area (TPSA) is 118 Å². The van der Waals surface area contributed by atoms with Crippen molar-refractivity contribution in [2.75, 3.05) is 5.32 Å². The number of thiophene rings is 1. The van der Waals surface area contributed by atoms with E-state index < -0.39 is 11.9 Å². The number of para-hydroxylation sites is 2. The van der Waals surface area contributed by atoms with Gasteiger partial charge in [-0.15, -0.1) is 11.3 Å². The van der Waals surface area contributed by atoms with Crippen molar-refractivity contribution in [3.63, 3.8) is 0 Å². The number of hydrogen-bond acceptors (Lipinski definition) is 6. The second-order valence-corrected chi connectivity index (χ2v) is 7.40. The Bertz CT molecular complexity index is 1210. The molecule has 0 radical (unpaired) electrons. The second kappa shape index (κ2) is 7.67. The minimum atomic E-state index is -1.19. The molecule has 4 aromatic rings. The van der Waals surface area contributed by atoms with Crippen molar-refractivity contribution in [2.24, 2.45) is 5.73 Å². The van der Waals surface area contributed by atoms with Gasteiger partial charge >= 0.3 is 11.9 Å². The molecular formula is C20H14ClN3O4S. The fraction of sp³-hybridized carbons (Fsp3) is 0.0500. The van der Waals surface area contributed by atoms with Crippen molar-refractivity contribution in [2.45, 2.75) is 6.54 Å². The average molecular weight is 428 g/mol. The molecule has 7 nitrogen and oxygen atoms in total. The number of nitrogens with two attached hydrogens (primary N) is 1. The van der Waals surface area contributed by atoms with Crippen LogP contribution in [0.5, 0.6) is 0 Å². The van der Waals surface area contributed by atoms with Gasteiger partial charge < -0.3 is 20.6 Å². The molecule has 0 unspecified atom stereocenters. The lowest BCUT2D eigenvalue weighted by molar-refractivity contribution is 0.0699. The van der Waals surface area contributed by atoms with Gasteiger partial charge in [0, 0.05) is 28.1 Å². The van der Waals surface area contributed by atoms with Crippen LogP contribution in [0.15, 0.2) is 52.3 Å². The number of oxazole rings is 1. The van der Waals surface area contributed by atoms with E-state index in [1.54, 1.807) is 47.8 Å². The molecule has 2 aromatic carbocycles. The Balaban J connectivity index is 1.70. The van der Waals surface area contributed by atoms with E-state index in [2.05, 4.69) is 10.3 Å². The number of halogens is 1. The van der Waals surface area contributed by atoms with E-state index in [0.29, 0.717) is 33.8 Å². The summed E-state index contributed by atoms with van der Waals surface area (Å²) in [6, 6.07) is 12.1. The van der Waals surface area contributed by atoms with Crippen molar-refractivity contribution in [1.29, 1.82) is 0 Å². The Morgan fingerprint density at radius 3 is 2.69 bits per heavy atom. The van der Waals surface area contributed by atoms with Crippen molar-refractivity contribution in [3.05, 3.63) is 69.9 Å². The number of aromatic carboxylic acids is 1. The molecule has 2 heterocycles. The van der Waals surface area contributed by atoms with Crippen LogP contribution in [0, 0.1) is 0 Å². The number of carbonyl (C=O) groups is 2. The molecule has 0 fully saturated rings. The maximum absolute atomic E-state index is 12.6. The van der Waals surface area contributed by atoms with Crippen LogP contribution in [-0.4, -0.2) is 22.0 Å². The first-order chi connectivity index (χ1) is 14.0. The van der Waals surface area contributed by atoms with E-state index in [0.717, 1.165) is 16.9 Å². The van der Waals surface area contributed by atoms with Gasteiger partial charge in [0.05, 0.1) is 0 Å². The number of carboxylic acids is 1. The van der Waals surface area contributed by atoms with Crippen LogP contribution in [0.4, 0.5) is 5.00 Å². The highest BCUT2D eigenvalue weighted by Crippen LogP contribution is 2.39. The first kappa shape index (κ1) is 19.1. The third kappa shape index (κ3) is 3.61. The van der Waals surface area contributed by atoms with Gasteiger partial charge in [-0.1, -0.05) is 35.9 Å². The summed E-state index contributed by atoms with van der Waals surface area (Å²) in [7, 11) is 0. The standard InChI is InChI=1S/C20H14ClN3O4S/c21-13-7-10(8-22)5-6-11(13)12-9-29-19(16(12)20(26)27)24-17(25)18-23-14-3-1-2-4-15(14)28-18/h1-7,9H,8,22H2,(H,24,25)(H,26,27). The minimum Gasteiger partial charge on any atom is -0.478 e. The Hall–Kier alpha value is -3.20. The largest absolute Gasteiger partial charge is 0.478 e. The van der Waals surface area contributed by atoms with Gasteiger partial charge in [-0.25, -0.2) is 9.78 Å². The summed E-state index contributed by atoms with van der Waals surface area (Å²) in [5, 5.41) is 14.5. The smallest absolute Gasteiger partial charge is 0.339 e. The number of nitrogens with zero attached hydrogens (tertiary/aromatic N) is 1. The first-order valence-corrected chi connectivity index (χ1v) is 9.74. The van der Waals surface area contributed by atoms with E-state index in [1.807, 2.05) is 0 Å². The molecule has 4 rings (SSSR count). The van der Waals surface area contributed by atoms with Gasteiger partial charge in [0.2, 0.25) is 0 Å². The molecule has 0 aliphatic rings. The zero-order valence-corrected chi connectivity index (χ0v) is 16.4. The quantitative estimate of drug-likeness (QED) is 0.427. The summed E-state index contributed by atoms with van der Waals surface area (Å²) in [5.41, 5.74) is 8.34. The first-order valence-electron chi connectivity index (χ1n) is 8.48. The zero-order chi connectivity index (χ0) is 20.5. The number of anilines is 1. The van der Waals surface area contributed by atoms with Crippen LogP contribution in [0.2, 0.25) is 5.02 Å². The lowest BCUT2D eigenvalue weighted by atomic mass is 10.0. The Kier molecular flexibility index (Phi) is 5.06. The molecule has 0 bridgehead atoms. The number of aromatic nitrogens is 1. The minimum absolute atomic E-state index is 0.0538. The zero-order valence-electron chi connectivity index (χ0n) is 14.8. The predicted molar refractivity (Wildman–Crippen MR) is 112 cm³/mol. The third-order valence-corrected chi connectivity index (χ3v) is 5.49. The number of hydrogen-bond donors (Lipinski definition) is 3. The van der Waals surface area contributed by atoms with Gasteiger partial charge in [0.25, 0.3) is 5.89 Å². The van der Waals surface area contributed by atoms with Gasteiger partial charge in [-0.05, 0) is 23.8 Å². The molecule has 0 aliphatic heterocycles. The summed E-state index contributed by atoms with van der Waals surface area (Å²) in [5.74, 6) is -1.97. The van der Waals surface area contributed by atoms with Crippen LogP contribution in [0.3, 0.4) is 0 Å². The van der Waals surface area contributed by atoms with Gasteiger partial charge in [0.1, 0.15) is 16.1 Å². The summed E-state index contributed by atoms with van der Waals surface area (Å²) in [4.78, 5) is 28.6. The molecule has 0 spiro atoms. The monoisotopic (exact) mass is 427 g/mol. The van der Waals surface area contributed by atoms with Gasteiger partial charge in [0.15, 0.2) is 5.58 Å². The molecule has 9 heteroatoms. The number of fused-ring (bicyclic) bond motifs is 1. The van der Waals surface area contributed by atoms with Crippen LogP contribution in [0.1, 0.15) is 26.6 Å². The van der Waals surface area contributed by atoms with Crippen molar-refractivity contribution < 1.29 is 19.1 Å². The van der Waals surface area contributed by atoms with E-state index >= 15 is 0 Å². The fourth-order valence-electron chi connectivity index (χ4n) is 2.89. The third-order valence-electron chi connectivity index (χ3n) is 4.28. The van der Waals surface area contributed by atoms with Crippen LogP contribution >= 0.6 is 22.9 Å². The number of carbonyl (C=O) groups excluding carboxylic acids is 1. The molecule has 2 aromatic heterocycles. The summed E-state index contributed by atoms with van der Waals surface area (Å²) >= 11 is 7.40. The lowest BCUT2D eigenvalue weighted by Gasteiger charge is -2.07. The number of carboxylic acid groups (broad SMARTS) is 1. The van der Waals surface area contributed by atoms with E-state index in [1.165, 1.54) is 0 Å². The number of nitrogens with one attached hydrogen (secondary N) is 1. The average Bonchev–Trinajstić information content (AvgIpc) is 3.32. The highest BCUT2D eigenvalue weighted by molar-refractivity contribution is 7.15. The van der Waals surface area contributed by atoms with Gasteiger partial charge in [-0.3, -0.25) is 4.79 Å². The molecule has 0 aliphatic carbocycles. The maximum atomic E-state index is 12.6. The fourth-order valence-corrected chi connectivity index (χ4v) is 4.14. The molecular weight excluding hydrogens is 414 g/mol. The molecule has 29 heavy (non-hydrogen) atoms. The Labute approximate surface area is 173 Å². The molecule has 0 saturated carbocycles. The highest BCUT2D eigenvalue weighted by Gasteiger charge is 2.24. The molecule has 1 amide bonds. The highest BCUT2D eigenvalue weighted by atomic mass is 35.5. The summed E-state index contributed by atoms with van der Waals surface area (Å²) < 4.78 is 5.44. The van der Waals surface area contributed by atoms with Crippen molar-refractivity contribution in [1.82, 2.24) is 4.98 Å². The van der Waals surface area contributed by atoms with Crippen LogP contribution in [0.25, 0.3) is 22.2 Å². The van der Waals surface area contributed by atoms with E-state index in [-0.39, 0.29) is 16.5 Å². The SMILES string of the molecule is NCc1ccc(-c2csc(NC(=O)c3nc4ccccc4o3)c2C(=O)O)c(Cl)c1. The summed E-state index contributed by atoms with van der Waals surface area (Å²) in [6.45, 7) is 0.321. The lowest BCUT2D eigenvalue weighted by Crippen LogP contribution is -2.13. The van der Waals surface area contributed by atoms with E-state index in [4.69, 9.17) is 21.8 Å². The Morgan fingerprint density at radius 2 is 2.00 bits per heavy atom. The normalized spacial score (nSPS) is 11.0. The molecule has 0 atom stereocenters. The maximum Gasteiger partial charge on any atom is 0.339 e. The Morgan fingerprint density at radius 1 is 1.21 bits per heavy atom. The number of amides is 1. The van der Waals surface area contributed by atoms with Crippen LogP contribution in [-0.2, 0) is 6.54 Å². The molecule has 0 saturated heterocycles. The predicted octanol–water partition coefficient (Wildman–Crippen LogP) is 4.62. The van der Waals surface area contributed by atoms with Gasteiger partial charge in [-0.2, -0.15) is 0 Å². The van der Waals surface area contributed by atoms with Crippen molar-refractivity contribution in [3.8, 4) is 11.1 Å². The number of rotatable bonds is 5. The molecule has 146 valence electrons. The molecule has 4 N–H and O–H groups in total. The second-order valence-electron chi connectivity index (χ2n) is 6.12.